The fourth-order valence-corrected chi connectivity index (χ4v) is 1.79. The average Bonchev–Trinajstić information content (AvgIpc) is 2.46. The van der Waals surface area contributed by atoms with E-state index in [1.807, 2.05) is 0 Å². The van der Waals surface area contributed by atoms with Crippen molar-refractivity contribution in [2.75, 3.05) is 48.0 Å². The molecule has 0 amide bonds. The number of methoxy groups -OCH3 is 1. The van der Waals surface area contributed by atoms with E-state index in [4.69, 9.17) is 14.2 Å². The van der Waals surface area contributed by atoms with E-state index in [0.717, 1.165) is 23.9 Å². The standard InChI is InChI=1S/C17H28NO4/c1-6-7-12-21-16-14(9-8-10-15(16)20-5)17(19)22-13-11-18(2,3)4/h8-10H,6-7,11-13H2,1-5H3/q+1. The molecule has 1 rings (SSSR count). The fraction of sp³-hybridized carbons (Fsp3) is 0.588. The first-order chi connectivity index (χ1) is 10.4. The third-order valence-electron chi connectivity index (χ3n) is 3.16. The van der Waals surface area contributed by atoms with Gasteiger partial charge in [0.15, 0.2) is 11.5 Å². The molecule has 0 bridgehead atoms. The van der Waals surface area contributed by atoms with Crippen molar-refractivity contribution in [1.29, 1.82) is 0 Å². The van der Waals surface area contributed by atoms with Gasteiger partial charge < -0.3 is 18.7 Å². The summed E-state index contributed by atoms with van der Waals surface area (Å²) in [6.45, 7) is 3.76. The predicted molar refractivity (Wildman–Crippen MR) is 86.6 cm³/mol. The van der Waals surface area contributed by atoms with E-state index in [0.29, 0.717) is 30.3 Å². The summed E-state index contributed by atoms with van der Waals surface area (Å²) in [5.74, 6) is 0.643. The average molecular weight is 310 g/mol. The lowest BCUT2D eigenvalue weighted by atomic mass is 10.2. The van der Waals surface area contributed by atoms with E-state index in [1.165, 1.54) is 0 Å². The van der Waals surface area contributed by atoms with E-state index in [1.54, 1.807) is 25.3 Å². The number of para-hydroxylation sites is 1. The first kappa shape index (κ1) is 18.3. The summed E-state index contributed by atoms with van der Waals surface area (Å²) in [5, 5.41) is 0. The number of rotatable bonds is 9. The number of benzene rings is 1. The van der Waals surface area contributed by atoms with Crippen LogP contribution in [0.1, 0.15) is 30.1 Å². The summed E-state index contributed by atoms with van der Waals surface area (Å²) in [6, 6.07) is 5.25. The van der Waals surface area contributed by atoms with Crippen molar-refractivity contribution < 1.29 is 23.5 Å². The number of carbonyl (C=O) groups is 1. The van der Waals surface area contributed by atoms with Crippen molar-refractivity contribution in [3.63, 3.8) is 0 Å². The van der Waals surface area contributed by atoms with Crippen molar-refractivity contribution in [2.24, 2.45) is 0 Å². The van der Waals surface area contributed by atoms with Crippen LogP contribution in [0.5, 0.6) is 11.5 Å². The van der Waals surface area contributed by atoms with Crippen LogP contribution in [-0.2, 0) is 4.74 Å². The smallest absolute Gasteiger partial charge is 0.342 e. The molecule has 0 heterocycles. The molecule has 0 atom stereocenters. The lowest BCUT2D eigenvalue weighted by molar-refractivity contribution is -0.870. The monoisotopic (exact) mass is 310 g/mol. The second-order valence-corrected chi connectivity index (χ2v) is 6.19. The van der Waals surface area contributed by atoms with Crippen LogP contribution < -0.4 is 9.47 Å². The van der Waals surface area contributed by atoms with Crippen molar-refractivity contribution in [3.05, 3.63) is 23.8 Å². The Hall–Kier alpha value is -1.75. The maximum atomic E-state index is 12.3. The number of unbranched alkanes of at least 4 members (excludes halogenated alkanes) is 1. The molecular weight excluding hydrogens is 282 g/mol. The molecule has 0 fully saturated rings. The molecule has 0 saturated carbocycles. The summed E-state index contributed by atoms with van der Waals surface area (Å²) >= 11 is 0. The van der Waals surface area contributed by atoms with Crippen LogP contribution in [0.3, 0.4) is 0 Å². The molecular formula is C17H28NO4+. The molecule has 5 nitrogen and oxygen atoms in total. The highest BCUT2D eigenvalue weighted by molar-refractivity contribution is 5.93. The summed E-state index contributed by atoms with van der Waals surface area (Å²) in [7, 11) is 7.73. The summed E-state index contributed by atoms with van der Waals surface area (Å²) in [4.78, 5) is 12.3. The molecule has 0 aromatic heterocycles. The third-order valence-corrected chi connectivity index (χ3v) is 3.16. The van der Waals surface area contributed by atoms with Gasteiger partial charge in [-0.3, -0.25) is 0 Å². The van der Waals surface area contributed by atoms with Crippen molar-refractivity contribution in [2.45, 2.75) is 19.8 Å². The quantitative estimate of drug-likeness (QED) is 0.400. The number of ether oxygens (including phenoxy) is 3. The fourth-order valence-electron chi connectivity index (χ4n) is 1.79. The predicted octanol–water partition coefficient (Wildman–Crippen LogP) is 2.74. The largest absolute Gasteiger partial charge is 0.493 e. The number of nitrogens with zero attached hydrogens (tertiary/aromatic N) is 1. The van der Waals surface area contributed by atoms with Crippen LogP contribution >= 0.6 is 0 Å². The van der Waals surface area contributed by atoms with E-state index in [2.05, 4.69) is 28.1 Å². The molecule has 0 aliphatic rings. The summed E-state index contributed by atoms with van der Waals surface area (Å²) in [6.07, 6.45) is 1.95. The Kier molecular flexibility index (Phi) is 7.18. The molecule has 124 valence electrons. The Morgan fingerprint density at radius 3 is 2.50 bits per heavy atom. The Morgan fingerprint density at radius 1 is 1.18 bits per heavy atom. The van der Waals surface area contributed by atoms with Crippen LogP contribution in [-0.4, -0.2) is 58.5 Å². The Labute approximate surface area is 133 Å². The van der Waals surface area contributed by atoms with Gasteiger partial charge in [-0.2, -0.15) is 0 Å². The first-order valence-corrected chi connectivity index (χ1v) is 7.66. The van der Waals surface area contributed by atoms with E-state index in [-0.39, 0.29) is 5.97 Å². The highest BCUT2D eigenvalue weighted by Gasteiger charge is 2.19. The van der Waals surface area contributed by atoms with Gasteiger partial charge in [-0.1, -0.05) is 19.4 Å². The lowest BCUT2D eigenvalue weighted by Gasteiger charge is -2.23. The Balaban J connectivity index is 2.80. The number of hydrogen-bond acceptors (Lipinski definition) is 4. The highest BCUT2D eigenvalue weighted by Crippen LogP contribution is 2.31. The molecule has 0 N–H and O–H groups in total. The zero-order valence-corrected chi connectivity index (χ0v) is 14.3. The van der Waals surface area contributed by atoms with Crippen molar-refractivity contribution in [3.8, 4) is 11.5 Å². The normalized spacial score (nSPS) is 11.1. The second kappa shape index (κ2) is 8.63. The molecule has 1 aromatic rings. The molecule has 22 heavy (non-hydrogen) atoms. The highest BCUT2D eigenvalue weighted by atomic mass is 16.5. The zero-order valence-electron chi connectivity index (χ0n) is 14.3. The maximum absolute atomic E-state index is 12.3. The lowest BCUT2D eigenvalue weighted by Crippen LogP contribution is -2.38. The minimum Gasteiger partial charge on any atom is -0.493 e. The number of likely N-dealkylation sites (N-methyl/N-ethyl adjacent to an activating group) is 1. The number of carbonyl (C=O) groups excluding carboxylic acids is 1. The van der Waals surface area contributed by atoms with Gasteiger partial charge in [0.05, 0.1) is 34.9 Å². The maximum Gasteiger partial charge on any atom is 0.342 e. The topological polar surface area (TPSA) is 44.8 Å². The van der Waals surface area contributed by atoms with Gasteiger partial charge in [0, 0.05) is 0 Å². The van der Waals surface area contributed by atoms with Crippen LogP contribution in [0.2, 0.25) is 0 Å². The summed E-state index contributed by atoms with van der Waals surface area (Å²) < 4.78 is 17.1. The van der Waals surface area contributed by atoms with Crippen molar-refractivity contribution >= 4 is 5.97 Å². The first-order valence-electron chi connectivity index (χ1n) is 7.66. The van der Waals surface area contributed by atoms with Crippen LogP contribution in [0.15, 0.2) is 18.2 Å². The Bertz CT molecular complexity index is 480. The third kappa shape index (κ3) is 5.93. The molecule has 0 saturated heterocycles. The zero-order chi connectivity index (χ0) is 16.6. The summed E-state index contributed by atoms with van der Waals surface area (Å²) in [5.41, 5.74) is 0.414. The van der Waals surface area contributed by atoms with E-state index >= 15 is 0 Å². The number of esters is 1. The van der Waals surface area contributed by atoms with Gasteiger partial charge in [0.25, 0.3) is 0 Å². The van der Waals surface area contributed by atoms with Gasteiger partial charge in [-0.25, -0.2) is 4.79 Å². The van der Waals surface area contributed by atoms with Crippen LogP contribution in [0, 0.1) is 0 Å². The second-order valence-electron chi connectivity index (χ2n) is 6.19. The SMILES string of the molecule is CCCCOc1c(OC)cccc1C(=O)OCC[N+](C)(C)C. The van der Waals surface area contributed by atoms with Gasteiger partial charge >= 0.3 is 5.97 Å². The van der Waals surface area contributed by atoms with Gasteiger partial charge in [-0.15, -0.1) is 0 Å². The van der Waals surface area contributed by atoms with Crippen LogP contribution in [0.4, 0.5) is 0 Å². The Morgan fingerprint density at radius 2 is 1.91 bits per heavy atom. The number of quaternary nitrogens is 1. The molecule has 0 spiro atoms. The molecule has 0 aliphatic carbocycles. The van der Waals surface area contributed by atoms with E-state index in [9.17, 15) is 4.79 Å². The molecule has 0 radical (unpaired) electrons. The van der Waals surface area contributed by atoms with Crippen molar-refractivity contribution in [1.82, 2.24) is 0 Å². The minimum atomic E-state index is -0.376. The molecule has 5 heteroatoms. The molecule has 0 aliphatic heterocycles. The number of hydrogen-bond donors (Lipinski definition) is 0. The van der Waals surface area contributed by atoms with Gasteiger partial charge in [0.1, 0.15) is 18.7 Å². The minimum absolute atomic E-state index is 0.369. The van der Waals surface area contributed by atoms with E-state index < -0.39 is 0 Å². The van der Waals surface area contributed by atoms with Gasteiger partial charge in [0.2, 0.25) is 0 Å². The van der Waals surface area contributed by atoms with Crippen LogP contribution in [0.25, 0.3) is 0 Å². The molecule has 0 unspecified atom stereocenters. The molecule has 1 aromatic carbocycles. The van der Waals surface area contributed by atoms with Gasteiger partial charge in [-0.05, 0) is 18.6 Å².